The van der Waals surface area contributed by atoms with E-state index in [0.29, 0.717) is 0 Å². The van der Waals surface area contributed by atoms with Crippen molar-refractivity contribution in [1.82, 2.24) is 0 Å². The fourth-order valence-electron chi connectivity index (χ4n) is 2.57. The van der Waals surface area contributed by atoms with E-state index in [1.165, 1.54) is 37.8 Å². The predicted octanol–water partition coefficient (Wildman–Crippen LogP) is 4.47. The minimum Gasteiger partial charge on any atom is -0.494 e. The number of nitrogens with one attached hydrogen (secondary N) is 1. The van der Waals surface area contributed by atoms with E-state index in [4.69, 9.17) is 4.74 Å². The number of anilines is 1. The molecule has 0 radical (unpaired) electrons. The fourth-order valence-corrected chi connectivity index (χ4v) is 2.57. The van der Waals surface area contributed by atoms with Gasteiger partial charge in [-0.25, -0.2) is 0 Å². The Balaban J connectivity index is 1.80. The Bertz CT molecular complexity index is 345. The summed E-state index contributed by atoms with van der Waals surface area (Å²) in [5, 5.41) is 3.55. The highest BCUT2D eigenvalue weighted by molar-refractivity contribution is 5.48. The first-order chi connectivity index (χ1) is 8.88. The standard InChI is InChI=1S/C16H25NO/c1-2-11-18-16-10-6-9-15(12-16)17-13-14-7-4-3-5-8-14/h6,9-10,12,14,17H,2-5,7-8,11,13H2,1H3. The van der Waals surface area contributed by atoms with E-state index in [1.54, 1.807) is 0 Å². The first kappa shape index (κ1) is 13.3. The number of hydrogen-bond donors (Lipinski definition) is 1. The van der Waals surface area contributed by atoms with Crippen molar-refractivity contribution < 1.29 is 4.74 Å². The summed E-state index contributed by atoms with van der Waals surface area (Å²) in [5.41, 5.74) is 1.19. The van der Waals surface area contributed by atoms with Gasteiger partial charge in [-0.15, -0.1) is 0 Å². The molecule has 2 rings (SSSR count). The molecule has 0 aromatic heterocycles. The third-order valence-corrected chi connectivity index (χ3v) is 3.63. The van der Waals surface area contributed by atoms with Crippen LogP contribution in [-0.2, 0) is 0 Å². The number of ether oxygens (including phenoxy) is 1. The lowest BCUT2D eigenvalue weighted by molar-refractivity contribution is 0.317. The Morgan fingerprint density at radius 3 is 2.83 bits per heavy atom. The molecule has 0 aliphatic heterocycles. The third kappa shape index (κ3) is 4.25. The molecule has 1 fully saturated rings. The van der Waals surface area contributed by atoms with Gasteiger partial charge < -0.3 is 10.1 Å². The van der Waals surface area contributed by atoms with Crippen LogP contribution in [0.4, 0.5) is 5.69 Å². The molecule has 1 saturated carbocycles. The maximum atomic E-state index is 5.65. The average Bonchev–Trinajstić information content (AvgIpc) is 2.44. The van der Waals surface area contributed by atoms with E-state index in [9.17, 15) is 0 Å². The molecule has 0 bridgehead atoms. The molecular formula is C16H25NO. The molecule has 1 aromatic rings. The minimum absolute atomic E-state index is 0.798. The van der Waals surface area contributed by atoms with Crippen LogP contribution in [0.5, 0.6) is 5.75 Å². The zero-order valence-corrected chi connectivity index (χ0v) is 11.5. The highest BCUT2D eigenvalue weighted by Crippen LogP contribution is 2.24. The average molecular weight is 247 g/mol. The third-order valence-electron chi connectivity index (χ3n) is 3.63. The van der Waals surface area contributed by atoms with Gasteiger partial charge in [0.2, 0.25) is 0 Å². The van der Waals surface area contributed by atoms with Crippen LogP contribution < -0.4 is 10.1 Å². The first-order valence-corrected chi connectivity index (χ1v) is 7.35. The second-order valence-electron chi connectivity index (χ2n) is 5.26. The molecular weight excluding hydrogens is 222 g/mol. The molecule has 1 aliphatic carbocycles. The first-order valence-electron chi connectivity index (χ1n) is 7.35. The second-order valence-corrected chi connectivity index (χ2v) is 5.26. The van der Waals surface area contributed by atoms with E-state index in [1.807, 2.05) is 6.07 Å². The van der Waals surface area contributed by atoms with Gasteiger partial charge in [0, 0.05) is 18.3 Å². The van der Waals surface area contributed by atoms with Crippen LogP contribution in [0.3, 0.4) is 0 Å². The van der Waals surface area contributed by atoms with E-state index in [-0.39, 0.29) is 0 Å². The quantitative estimate of drug-likeness (QED) is 0.801. The van der Waals surface area contributed by atoms with Crippen LogP contribution in [0.25, 0.3) is 0 Å². The Hall–Kier alpha value is -1.18. The van der Waals surface area contributed by atoms with Crippen LogP contribution in [0.2, 0.25) is 0 Å². The molecule has 2 heteroatoms. The topological polar surface area (TPSA) is 21.3 Å². The molecule has 0 amide bonds. The Kier molecular flexibility index (Phi) is 5.37. The summed E-state index contributed by atoms with van der Waals surface area (Å²) >= 11 is 0. The molecule has 2 nitrogen and oxygen atoms in total. The molecule has 0 unspecified atom stereocenters. The van der Waals surface area contributed by atoms with E-state index in [2.05, 4.69) is 30.4 Å². The highest BCUT2D eigenvalue weighted by atomic mass is 16.5. The van der Waals surface area contributed by atoms with Crippen LogP contribution in [0.15, 0.2) is 24.3 Å². The predicted molar refractivity (Wildman–Crippen MR) is 77.3 cm³/mol. The lowest BCUT2D eigenvalue weighted by Gasteiger charge is -2.22. The molecule has 0 saturated heterocycles. The number of hydrogen-bond acceptors (Lipinski definition) is 2. The van der Waals surface area contributed by atoms with Crippen molar-refractivity contribution in [3.05, 3.63) is 24.3 Å². The fraction of sp³-hybridized carbons (Fsp3) is 0.625. The maximum Gasteiger partial charge on any atom is 0.121 e. The summed E-state index contributed by atoms with van der Waals surface area (Å²) in [6.07, 6.45) is 8.08. The van der Waals surface area contributed by atoms with Gasteiger partial charge in [0.1, 0.15) is 5.75 Å². The van der Waals surface area contributed by atoms with Crippen molar-refractivity contribution in [2.24, 2.45) is 5.92 Å². The van der Waals surface area contributed by atoms with Gasteiger partial charge in [0.25, 0.3) is 0 Å². The monoisotopic (exact) mass is 247 g/mol. The molecule has 0 spiro atoms. The zero-order chi connectivity index (χ0) is 12.6. The largest absolute Gasteiger partial charge is 0.494 e. The molecule has 100 valence electrons. The van der Waals surface area contributed by atoms with Gasteiger partial charge in [-0.3, -0.25) is 0 Å². The van der Waals surface area contributed by atoms with Crippen LogP contribution in [0, 0.1) is 5.92 Å². The molecule has 1 aliphatic rings. The molecule has 18 heavy (non-hydrogen) atoms. The van der Waals surface area contributed by atoms with Gasteiger partial charge in [0.15, 0.2) is 0 Å². The van der Waals surface area contributed by atoms with Crippen molar-refractivity contribution in [3.8, 4) is 5.75 Å². The van der Waals surface area contributed by atoms with Gasteiger partial charge in [0.05, 0.1) is 6.61 Å². The maximum absolute atomic E-state index is 5.65. The van der Waals surface area contributed by atoms with Crippen LogP contribution >= 0.6 is 0 Å². The van der Waals surface area contributed by atoms with Gasteiger partial charge in [-0.2, -0.15) is 0 Å². The van der Waals surface area contributed by atoms with Crippen molar-refractivity contribution in [2.75, 3.05) is 18.5 Å². The smallest absolute Gasteiger partial charge is 0.121 e. The number of rotatable bonds is 6. The lowest BCUT2D eigenvalue weighted by atomic mass is 9.89. The summed E-state index contributed by atoms with van der Waals surface area (Å²) in [4.78, 5) is 0. The molecule has 0 heterocycles. The van der Waals surface area contributed by atoms with Gasteiger partial charge >= 0.3 is 0 Å². The Morgan fingerprint density at radius 2 is 2.06 bits per heavy atom. The number of benzene rings is 1. The second kappa shape index (κ2) is 7.30. The summed E-state index contributed by atoms with van der Waals surface area (Å²) in [5.74, 6) is 1.84. The Morgan fingerprint density at radius 1 is 1.22 bits per heavy atom. The van der Waals surface area contributed by atoms with E-state index in [0.717, 1.165) is 31.2 Å². The SMILES string of the molecule is CCCOc1cccc(NCC2CCCCC2)c1. The molecule has 1 aromatic carbocycles. The summed E-state index contributed by atoms with van der Waals surface area (Å²) in [6.45, 7) is 4.04. The summed E-state index contributed by atoms with van der Waals surface area (Å²) in [7, 11) is 0. The minimum atomic E-state index is 0.798. The molecule has 0 atom stereocenters. The summed E-state index contributed by atoms with van der Waals surface area (Å²) < 4.78 is 5.65. The Labute approximate surface area is 111 Å². The van der Waals surface area contributed by atoms with E-state index < -0.39 is 0 Å². The van der Waals surface area contributed by atoms with Gasteiger partial charge in [-0.1, -0.05) is 32.3 Å². The van der Waals surface area contributed by atoms with Crippen molar-refractivity contribution in [2.45, 2.75) is 45.4 Å². The van der Waals surface area contributed by atoms with Crippen LogP contribution in [-0.4, -0.2) is 13.2 Å². The summed E-state index contributed by atoms with van der Waals surface area (Å²) in [6, 6.07) is 8.33. The van der Waals surface area contributed by atoms with Crippen molar-refractivity contribution in [1.29, 1.82) is 0 Å². The van der Waals surface area contributed by atoms with Gasteiger partial charge in [-0.05, 0) is 37.3 Å². The van der Waals surface area contributed by atoms with Crippen molar-refractivity contribution in [3.63, 3.8) is 0 Å². The normalized spacial score (nSPS) is 16.5. The molecule has 1 N–H and O–H groups in total. The highest BCUT2D eigenvalue weighted by Gasteiger charge is 2.12. The van der Waals surface area contributed by atoms with E-state index >= 15 is 0 Å². The zero-order valence-electron chi connectivity index (χ0n) is 11.5. The van der Waals surface area contributed by atoms with Crippen molar-refractivity contribution >= 4 is 5.69 Å². The van der Waals surface area contributed by atoms with Crippen LogP contribution in [0.1, 0.15) is 45.4 Å². The lowest BCUT2D eigenvalue weighted by Crippen LogP contribution is -2.17.